The molecule has 0 amide bonds. The normalized spacial score (nSPS) is 21.3. The van der Waals surface area contributed by atoms with Gasteiger partial charge in [-0.3, -0.25) is 0 Å². The van der Waals surface area contributed by atoms with Gasteiger partial charge in [-0.2, -0.15) is 0 Å². The van der Waals surface area contributed by atoms with Crippen LogP contribution in [0.3, 0.4) is 0 Å². The summed E-state index contributed by atoms with van der Waals surface area (Å²) in [7, 11) is 0. The minimum atomic E-state index is 0.518. The Morgan fingerprint density at radius 3 is 3.08 bits per heavy atom. The first-order chi connectivity index (χ1) is 6.18. The lowest BCUT2D eigenvalue weighted by molar-refractivity contribution is 0.571. The van der Waals surface area contributed by atoms with Gasteiger partial charge in [0.15, 0.2) is 0 Å². The molecule has 1 unspecified atom stereocenters. The van der Waals surface area contributed by atoms with E-state index in [9.17, 15) is 0 Å². The molecular formula is C10H11BrClN. The van der Waals surface area contributed by atoms with Crippen molar-refractivity contribution in [1.82, 2.24) is 5.32 Å². The van der Waals surface area contributed by atoms with E-state index in [4.69, 9.17) is 11.6 Å². The van der Waals surface area contributed by atoms with Crippen molar-refractivity contribution in [1.29, 1.82) is 0 Å². The van der Waals surface area contributed by atoms with Crippen molar-refractivity contribution in [2.45, 2.75) is 19.4 Å². The van der Waals surface area contributed by atoms with Crippen molar-refractivity contribution >= 4 is 27.5 Å². The van der Waals surface area contributed by atoms with Gasteiger partial charge in [0.25, 0.3) is 0 Å². The standard InChI is InChI=1S/C10H11BrClN/c1-6-4-13-5-7-2-8(11)3-9(12)10(6)7/h2-3,6,13H,4-5H2,1H3. The van der Waals surface area contributed by atoms with Gasteiger partial charge < -0.3 is 5.32 Å². The van der Waals surface area contributed by atoms with Crippen LogP contribution >= 0.6 is 27.5 Å². The maximum absolute atomic E-state index is 6.18. The van der Waals surface area contributed by atoms with Crippen molar-refractivity contribution in [3.8, 4) is 0 Å². The Balaban J connectivity index is 2.56. The summed E-state index contributed by atoms with van der Waals surface area (Å²) >= 11 is 9.63. The monoisotopic (exact) mass is 259 g/mol. The molecule has 13 heavy (non-hydrogen) atoms. The SMILES string of the molecule is CC1CNCc2cc(Br)cc(Cl)c21. The lowest BCUT2D eigenvalue weighted by atomic mass is 9.92. The van der Waals surface area contributed by atoms with Crippen molar-refractivity contribution in [2.75, 3.05) is 6.54 Å². The zero-order valence-corrected chi connectivity index (χ0v) is 9.74. The van der Waals surface area contributed by atoms with Crippen LogP contribution < -0.4 is 5.32 Å². The van der Waals surface area contributed by atoms with Crippen molar-refractivity contribution in [2.24, 2.45) is 0 Å². The number of hydrogen-bond donors (Lipinski definition) is 1. The van der Waals surface area contributed by atoms with Gasteiger partial charge in [-0.05, 0) is 29.2 Å². The van der Waals surface area contributed by atoms with E-state index in [0.717, 1.165) is 22.6 Å². The van der Waals surface area contributed by atoms with Gasteiger partial charge in [0.2, 0.25) is 0 Å². The second-order valence-electron chi connectivity index (χ2n) is 3.49. The van der Waals surface area contributed by atoms with E-state index >= 15 is 0 Å². The summed E-state index contributed by atoms with van der Waals surface area (Å²) in [6.07, 6.45) is 0. The van der Waals surface area contributed by atoms with Gasteiger partial charge in [-0.1, -0.05) is 34.5 Å². The maximum Gasteiger partial charge on any atom is 0.0455 e. The number of rotatable bonds is 0. The van der Waals surface area contributed by atoms with Crippen LogP contribution in [-0.2, 0) is 6.54 Å². The van der Waals surface area contributed by atoms with Gasteiger partial charge in [0.1, 0.15) is 0 Å². The van der Waals surface area contributed by atoms with E-state index in [1.165, 1.54) is 11.1 Å². The van der Waals surface area contributed by atoms with Gasteiger partial charge in [-0.15, -0.1) is 0 Å². The smallest absolute Gasteiger partial charge is 0.0455 e. The molecule has 0 aromatic heterocycles. The van der Waals surface area contributed by atoms with E-state index in [0.29, 0.717) is 5.92 Å². The van der Waals surface area contributed by atoms with Gasteiger partial charge in [-0.25, -0.2) is 0 Å². The molecule has 1 N–H and O–H groups in total. The maximum atomic E-state index is 6.18. The number of halogens is 2. The Morgan fingerprint density at radius 1 is 1.54 bits per heavy atom. The zero-order valence-electron chi connectivity index (χ0n) is 7.40. The molecule has 2 rings (SSSR count). The van der Waals surface area contributed by atoms with Crippen LogP contribution in [0.1, 0.15) is 24.0 Å². The Bertz CT molecular complexity index is 338. The van der Waals surface area contributed by atoms with Gasteiger partial charge in [0.05, 0.1) is 0 Å². The predicted molar refractivity (Wildman–Crippen MR) is 59.3 cm³/mol. The molecule has 1 atom stereocenters. The van der Waals surface area contributed by atoms with Crippen molar-refractivity contribution < 1.29 is 0 Å². The van der Waals surface area contributed by atoms with Crippen LogP contribution in [0.5, 0.6) is 0 Å². The topological polar surface area (TPSA) is 12.0 Å². The minimum absolute atomic E-state index is 0.518. The molecule has 1 aliphatic rings. The first-order valence-corrected chi connectivity index (χ1v) is 5.54. The highest BCUT2D eigenvalue weighted by molar-refractivity contribution is 9.10. The molecule has 70 valence electrons. The Morgan fingerprint density at radius 2 is 2.31 bits per heavy atom. The summed E-state index contributed by atoms with van der Waals surface area (Å²) in [4.78, 5) is 0. The minimum Gasteiger partial charge on any atom is -0.312 e. The molecule has 1 aromatic carbocycles. The molecule has 0 fully saturated rings. The fourth-order valence-electron chi connectivity index (χ4n) is 1.86. The third-order valence-electron chi connectivity index (χ3n) is 2.44. The molecule has 0 saturated carbocycles. The van der Waals surface area contributed by atoms with Crippen LogP contribution in [0.25, 0.3) is 0 Å². The molecule has 1 aromatic rings. The molecule has 0 saturated heterocycles. The lowest BCUT2D eigenvalue weighted by Crippen LogP contribution is -2.26. The summed E-state index contributed by atoms with van der Waals surface area (Å²) in [6, 6.07) is 4.12. The fourth-order valence-corrected chi connectivity index (χ4v) is 2.92. The van der Waals surface area contributed by atoms with Crippen LogP contribution in [-0.4, -0.2) is 6.54 Å². The highest BCUT2D eigenvalue weighted by atomic mass is 79.9. The van der Waals surface area contributed by atoms with E-state index in [1.54, 1.807) is 0 Å². The highest BCUT2D eigenvalue weighted by Gasteiger charge is 2.19. The Hall–Kier alpha value is -0.0500. The molecule has 0 spiro atoms. The molecule has 0 bridgehead atoms. The first kappa shape index (κ1) is 9.50. The number of nitrogens with one attached hydrogen (secondary N) is 1. The van der Waals surface area contributed by atoms with Gasteiger partial charge >= 0.3 is 0 Å². The van der Waals surface area contributed by atoms with E-state index < -0.39 is 0 Å². The molecule has 1 nitrogen and oxygen atoms in total. The molecular weight excluding hydrogens is 249 g/mol. The summed E-state index contributed by atoms with van der Waals surface area (Å²) in [5, 5.41) is 4.25. The second kappa shape index (κ2) is 3.60. The van der Waals surface area contributed by atoms with Crippen molar-refractivity contribution in [3.05, 3.63) is 32.8 Å². The number of hydrogen-bond acceptors (Lipinski definition) is 1. The third-order valence-corrected chi connectivity index (χ3v) is 3.21. The zero-order chi connectivity index (χ0) is 9.42. The van der Waals surface area contributed by atoms with Crippen molar-refractivity contribution in [3.63, 3.8) is 0 Å². The average Bonchev–Trinajstić information content (AvgIpc) is 2.02. The van der Waals surface area contributed by atoms with Crippen LogP contribution in [0.4, 0.5) is 0 Å². The highest BCUT2D eigenvalue weighted by Crippen LogP contribution is 2.33. The average molecular weight is 261 g/mol. The fraction of sp³-hybridized carbons (Fsp3) is 0.400. The van der Waals surface area contributed by atoms with Gasteiger partial charge in [0, 0.05) is 22.6 Å². The lowest BCUT2D eigenvalue weighted by Gasteiger charge is -2.24. The van der Waals surface area contributed by atoms with Crippen LogP contribution in [0, 0.1) is 0 Å². The molecule has 1 aliphatic heterocycles. The molecule has 0 aliphatic carbocycles. The van der Waals surface area contributed by atoms with Crippen LogP contribution in [0.2, 0.25) is 5.02 Å². The summed E-state index contributed by atoms with van der Waals surface area (Å²) < 4.78 is 1.06. The molecule has 3 heteroatoms. The molecule has 0 radical (unpaired) electrons. The van der Waals surface area contributed by atoms with E-state index in [2.05, 4.69) is 34.2 Å². The van der Waals surface area contributed by atoms with E-state index in [-0.39, 0.29) is 0 Å². The summed E-state index contributed by atoms with van der Waals surface area (Å²) in [5.41, 5.74) is 2.63. The largest absolute Gasteiger partial charge is 0.312 e. The van der Waals surface area contributed by atoms with Crippen LogP contribution in [0.15, 0.2) is 16.6 Å². The third kappa shape index (κ3) is 1.76. The Labute approximate surface area is 91.6 Å². The Kier molecular flexibility index (Phi) is 2.63. The summed E-state index contributed by atoms with van der Waals surface area (Å²) in [6.45, 7) is 4.15. The second-order valence-corrected chi connectivity index (χ2v) is 4.82. The quantitative estimate of drug-likeness (QED) is 0.755. The predicted octanol–water partition coefficient (Wildman–Crippen LogP) is 3.31. The first-order valence-electron chi connectivity index (χ1n) is 4.37. The summed E-state index contributed by atoms with van der Waals surface area (Å²) in [5.74, 6) is 0.518. The molecule has 1 heterocycles. The van der Waals surface area contributed by atoms with E-state index in [1.807, 2.05) is 6.07 Å². The number of fused-ring (bicyclic) bond motifs is 1. The number of benzene rings is 1.